The molecule has 0 unspecified atom stereocenters. The molecule has 112 valence electrons. The van der Waals surface area contributed by atoms with Crippen LogP contribution >= 0.6 is 11.3 Å². The fourth-order valence-electron chi connectivity index (χ4n) is 1.56. The van der Waals surface area contributed by atoms with Gasteiger partial charge < -0.3 is 5.32 Å². The molecule has 2 amide bonds. The van der Waals surface area contributed by atoms with Crippen LogP contribution in [0.15, 0.2) is 41.8 Å². The van der Waals surface area contributed by atoms with Crippen molar-refractivity contribution in [3.05, 3.63) is 52.2 Å². The Kier molecular flexibility index (Phi) is 5.25. The smallest absolute Gasteiger partial charge is 0.284 e. The molecule has 0 bridgehead atoms. The lowest BCUT2D eigenvalue weighted by Crippen LogP contribution is -2.35. The molecule has 6 nitrogen and oxygen atoms in total. The molecule has 0 saturated heterocycles. The number of carbonyl (C=O) groups is 2. The molecule has 0 saturated carbocycles. The number of rotatable bonds is 5. The lowest BCUT2D eigenvalue weighted by molar-refractivity contribution is -0.129. The maximum atomic E-state index is 11.9. The number of hydrogen-bond acceptors (Lipinski definition) is 5. The van der Waals surface area contributed by atoms with Gasteiger partial charge >= 0.3 is 0 Å². The molecule has 0 spiro atoms. The largest absolute Gasteiger partial charge is 0.324 e. The number of thiophene rings is 1. The minimum absolute atomic E-state index is 0.402. The monoisotopic (exact) mass is 315 g/mol. The molecule has 0 aliphatic carbocycles. The molecule has 1 heterocycles. The van der Waals surface area contributed by atoms with Gasteiger partial charge in [-0.25, -0.2) is 5.48 Å². The highest BCUT2D eigenvalue weighted by molar-refractivity contribution is 7.12. The maximum Gasteiger partial charge on any atom is 0.284 e. The highest BCUT2D eigenvalue weighted by Crippen LogP contribution is 2.11. The molecule has 1 aromatic carbocycles. The highest BCUT2D eigenvalue weighted by atomic mass is 32.1. The zero-order valence-electron chi connectivity index (χ0n) is 11.7. The number of amides is 2. The average Bonchev–Trinajstić information content (AvgIpc) is 3.06. The van der Waals surface area contributed by atoms with E-state index in [-0.39, 0.29) is 0 Å². The molecule has 0 aliphatic rings. The second kappa shape index (κ2) is 7.36. The average molecular weight is 315 g/mol. The van der Waals surface area contributed by atoms with Gasteiger partial charge in [-0.1, -0.05) is 12.1 Å². The van der Waals surface area contributed by atoms with Crippen molar-refractivity contribution in [1.82, 2.24) is 5.48 Å². The van der Waals surface area contributed by atoms with Gasteiger partial charge in [0.05, 0.1) is 16.5 Å². The number of nitrogens with zero attached hydrogens (tertiary/aromatic N) is 1. The van der Waals surface area contributed by atoms with Gasteiger partial charge in [-0.05, 0) is 36.6 Å². The van der Waals surface area contributed by atoms with E-state index in [2.05, 4.69) is 10.8 Å². The van der Waals surface area contributed by atoms with Crippen LogP contribution in [0.3, 0.4) is 0 Å². The Morgan fingerprint density at radius 3 is 2.82 bits per heavy atom. The van der Waals surface area contributed by atoms with E-state index in [1.165, 1.54) is 18.3 Å². The predicted octanol–water partition coefficient (Wildman–Crippen LogP) is 2.31. The Morgan fingerprint density at radius 2 is 2.14 bits per heavy atom. The number of nitrogens with one attached hydrogen (secondary N) is 2. The van der Waals surface area contributed by atoms with Gasteiger partial charge in [0.25, 0.3) is 11.8 Å². The summed E-state index contributed by atoms with van der Waals surface area (Å²) >= 11 is 1.27. The highest BCUT2D eigenvalue weighted by Gasteiger charge is 2.16. The van der Waals surface area contributed by atoms with Crippen LogP contribution in [0.25, 0.3) is 0 Å². The van der Waals surface area contributed by atoms with Crippen LogP contribution in [-0.4, -0.2) is 17.9 Å². The van der Waals surface area contributed by atoms with Gasteiger partial charge in [0.1, 0.15) is 0 Å². The Labute approximate surface area is 131 Å². The number of nitriles is 1. The van der Waals surface area contributed by atoms with E-state index in [1.54, 1.807) is 41.8 Å². The van der Waals surface area contributed by atoms with Crippen LogP contribution in [0, 0.1) is 11.3 Å². The first-order valence-corrected chi connectivity index (χ1v) is 7.28. The SMILES string of the molecule is C[C@@H](ONC(=O)c1cccs1)C(=O)Nc1cccc(C#N)c1. The predicted molar refractivity (Wildman–Crippen MR) is 82.1 cm³/mol. The quantitative estimate of drug-likeness (QED) is 0.828. The summed E-state index contributed by atoms with van der Waals surface area (Å²) in [5.74, 6) is -0.831. The second-order valence-electron chi connectivity index (χ2n) is 4.35. The Morgan fingerprint density at radius 1 is 1.32 bits per heavy atom. The Hall–Kier alpha value is -2.69. The van der Waals surface area contributed by atoms with E-state index >= 15 is 0 Å². The lowest BCUT2D eigenvalue weighted by atomic mass is 10.2. The van der Waals surface area contributed by atoms with Crippen LogP contribution in [0.1, 0.15) is 22.2 Å². The van der Waals surface area contributed by atoms with Crippen LogP contribution < -0.4 is 10.8 Å². The third kappa shape index (κ3) is 4.15. The minimum atomic E-state index is -0.880. The third-order valence-electron chi connectivity index (χ3n) is 2.70. The number of hydrogen-bond donors (Lipinski definition) is 2. The number of anilines is 1. The van der Waals surface area contributed by atoms with Gasteiger partial charge in [-0.2, -0.15) is 5.26 Å². The van der Waals surface area contributed by atoms with Crippen molar-refractivity contribution in [2.75, 3.05) is 5.32 Å². The van der Waals surface area contributed by atoms with E-state index in [0.717, 1.165) is 0 Å². The van der Waals surface area contributed by atoms with Crippen LogP contribution in [0.2, 0.25) is 0 Å². The molecule has 2 aromatic rings. The maximum absolute atomic E-state index is 11.9. The Bertz CT molecular complexity index is 707. The summed E-state index contributed by atoms with van der Waals surface area (Å²) < 4.78 is 0. The summed E-state index contributed by atoms with van der Waals surface area (Å²) in [7, 11) is 0. The summed E-state index contributed by atoms with van der Waals surface area (Å²) in [5.41, 5.74) is 3.16. The molecule has 0 aliphatic heterocycles. The van der Waals surface area contributed by atoms with Gasteiger partial charge in [0.2, 0.25) is 0 Å². The molecule has 22 heavy (non-hydrogen) atoms. The molecule has 1 aromatic heterocycles. The second-order valence-corrected chi connectivity index (χ2v) is 5.30. The van der Waals surface area contributed by atoms with Crippen molar-refractivity contribution >= 4 is 28.8 Å². The van der Waals surface area contributed by atoms with E-state index < -0.39 is 17.9 Å². The summed E-state index contributed by atoms with van der Waals surface area (Å²) in [6.07, 6.45) is -0.880. The van der Waals surface area contributed by atoms with Crippen molar-refractivity contribution in [2.45, 2.75) is 13.0 Å². The minimum Gasteiger partial charge on any atom is -0.324 e. The molecule has 1 atom stereocenters. The van der Waals surface area contributed by atoms with E-state index in [9.17, 15) is 9.59 Å². The standard InChI is InChI=1S/C15H13N3O3S/c1-10(21-18-15(20)13-6-3-7-22-13)14(19)17-12-5-2-4-11(8-12)9-16/h2-8,10H,1H3,(H,17,19)(H,18,20)/t10-/m1/s1. The first-order valence-electron chi connectivity index (χ1n) is 6.40. The van der Waals surface area contributed by atoms with E-state index in [1.807, 2.05) is 6.07 Å². The molecule has 2 N–H and O–H groups in total. The fourth-order valence-corrected chi connectivity index (χ4v) is 2.17. The zero-order chi connectivity index (χ0) is 15.9. The normalized spacial score (nSPS) is 11.3. The van der Waals surface area contributed by atoms with E-state index in [4.69, 9.17) is 10.1 Å². The third-order valence-corrected chi connectivity index (χ3v) is 3.57. The summed E-state index contributed by atoms with van der Waals surface area (Å²) in [4.78, 5) is 29.2. The number of benzene rings is 1. The van der Waals surface area contributed by atoms with Crippen LogP contribution in [-0.2, 0) is 9.63 Å². The molecular weight excluding hydrogens is 302 g/mol. The molecule has 2 rings (SSSR count). The van der Waals surface area contributed by atoms with Crippen LogP contribution in [0.5, 0.6) is 0 Å². The topological polar surface area (TPSA) is 91.2 Å². The van der Waals surface area contributed by atoms with Crippen molar-refractivity contribution in [3.63, 3.8) is 0 Å². The van der Waals surface area contributed by atoms with Gasteiger partial charge in [0, 0.05) is 5.69 Å². The van der Waals surface area contributed by atoms with Crippen molar-refractivity contribution < 1.29 is 14.4 Å². The Balaban J connectivity index is 1.87. The summed E-state index contributed by atoms with van der Waals surface area (Å²) in [6, 6.07) is 11.9. The van der Waals surface area contributed by atoms with Crippen molar-refractivity contribution in [1.29, 1.82) is 5.26 Å². The summed E-state index contributed by atoms with van der Waals surface area (Å²) in [5, 5.41) is 13.2. The number of carbonyl (C=O) groups excluding carboxylic acids is 2. The zero-order valence-corrected chi connectivity index (χ0v) is 12.5. The van der Waals surface area contributed by atoms with Gasteiger partial charge in [-0.3, -0.25) is 14.4 Å². The van der Waals surface area contributed by atoms with Crippen molar-refractivity contribution in [2.24, 2.45) is 0 Å². The first kappa shape index (κ1) is 15.7. The fraction of sp³-hybridized carbons (Fsp3) is 0.133. The van der Waals surface area contributed by atoms with Gasteiger partial charge in [-0.15, -0.1) is 11.3 Å². The lowest BCUT2D eigenvalue weighted by Gasteiger charge is -2.13. The van der Waals surface area contributed by atoms with Crippen LogP contribution in [0.4, 0.5) is 5.69 Å². The van der Waals surface area contributed by atoms with Crippen molar-refractivity contribution in [3.8, 4) is 6.07 Å². The molecule has 0 radical (unpaired) electrons. The molecule has 0 fully saturated rings. The number of hydroxylamine groups is 1. The molecule has 7 heteroatoms. The summed E-state index contributed by atoms with van der Waals surface area (Å²) in [6.45, 7) is 1.51. The van der Waals surface area contributed by atoms with Gasteiger partial charge in [0.15, 0.2) is 6.10 Å². The molecular formula is C15H13N3O3S. The first-order chi connectivity index (χ1) is 10.6. The van der Waals surface area contributed by atoms with E-state index in [0.29, 0.717) is 16.1 Å².